The predicted molar refractivity (Wildman–Crippen MR) is 89.8 cm³/mol. The number of β-amino-alcohol motifs (C(OH)–C–C–N with tert-alkyl or cyclic N) is 1. The largest absolute Gasteiger partial charge is 0.491 e. The first-order chi connectivity index (χ1) is 10.5. The van der Waals surface area contributed by atoms with Crippen molar-refractivity contribution in [3.05, 3.63) is 28.3 Å². The number of benzene rings is 1. The first kappa shape index (κ1) is 16.1. The highest BCUT2D eigenvalue weighted by atomic mass is 35.5. The Balaban J connectivity index is 1.62. The number of aryl methyl sites for hydroxylation is 2. The van der Waals surface area contributed by atoms with E-state index < -0.39 is 5.60 Å². The van der Waals surface area contributed by atoms with Gasteiger partial charge in [-0.1, -0.05) is 18.0 Å². The molecule has 1 aromatic carbocycles. The molecule has 2 fully saturated rings. The van der Waals surface area contributed by atoms with Crippen LogP contribution >= 0.6 is 11.6 Å². The molecule has 0 spiro atoms. The minimum absolute atomic E-state index is 0.358. The molecule has 1 saturated heterocycles. The zero-order chi connectivity index (χ0) is 15.7. The number of halogens is 1. The highest BCUT2D eigenvalue weighted by molar-refractivity contribution is 6.32. The van der Waals surface area contributed by atoms with Crippen molar-refractivity contribution >= 4 is 11.6 Å². The summed E-state index contributed by atoms with van der Waals surface area (Å²) in [5, 5.41) is 11.7. The highest BCUT2D eigenvalue weighted by Gasteiger charge is 2.38. The van der Waals surface area contributed by atoms with Gasteiger partial charge in [-0.15, -0.1) is 0 Å². The Labute approximate surface area is 138 Å². The first-order valence-corrected chi connectivity index (χ1v) is 8.71. The summed E-state index contributed by atoms with van der Waals surface area (Å²) in [5.74, 6) is 0.800. The van der Waals surface area contributed by atoms with Crippen molar-refractivity contribution < 1.29 is 9.84 Å². The molecule has 0 amide bonds. The summed E-state index contributed by atoms with van der Waals surface area (Å²) in [6.07, 6.45) is 5.77. The van der Waals surface area contributed by atoms with Crippen molar-refractivity contribution in [2.75, 3.05) is 19.7 Å². The molecule has 0 aromatic heterocycles. The predicted octanol–water partition coefficient (Wildman–Crippen LogP) is 3.72. The van der Waals surface area contributed by atoms with Gasteiger partial charge in [0.15, 0.2) is 0 Å². The van der Waals surface area contributed by atoms with Crippen LogP contribution in [0.2, 0.25) is 5.02 Å². The number of piperidine rings is 1. The van der Waals surface area contributed by atoms with E-state index in [2.05, 4.69) is 4.90 Å². The molecule has 22 heavy (non-hydrogen) atoms. The second-order valence-electron chi connectivity index (χ2n) is 7.04. The smallest absolute Gasteiger partial charge is 0.120 e. The number of nitrogens with zero attached hydrogens (tertiary/aromatic N) is 1. The SMILES string of the molecule is Cc1cc(OC[C@@]2(O)CCCN(C3CCC3)C2)cc(C)c1Cl. The summed E-state index contributed by atoms with van der Waals surface area (Å²) in [6, 6.07) is 4.59. The van der Waals surface area contributed by atoms with Crippen LogP contribution in [0.3, 0.4) is 0 Å². The zero-order valence-corrected chi connectivity index (χ0v) is 14.3. The van der Waals surface area contributed by atoms with Crippen molar-refractivity contribution in [1.82, 2.24) is 4.90 Å². The fourth-order valence-corrected chi connectivity index (χ4v) is 3.64. The van der Waals surface area contributed by atoms with Crippen molar-refractivity contribution in [3.63, 3.8) is 0 Å². The lowest BCUT2D eigenvalue weighted by Crippen LogP contribution is -2.55. The van der Waals surface area contributed by atoms with E-state index in [0.717, 1.165) is 47.8 Å². The minimum atomic E-state index is -0.727. The number of ether oxygens (including phenoxy) is 1. The number of likely N-dealkylation sites (tertiary alicyclic amines) is 1. The third kappa shape index (κ3) is 3.42. The second-order valence-corrected chi connectivity index (χ2v) is 7.42. The monoisotopic (exact) mass is 323 g/mol. The number of rotatable bonds is 4. The molecule has 1 aromatic rings. The number of hydrogen-bond acceptors (Lipinski definition) is 3. The third-order valence-corrected chi connectivity index (χ3v) is 5.69. The molecular weight excluding hydrogens is 298 g/mol. The quantitative estimate of drug-likeness (QED) is 0.916. The maximum atomic E-state index is 10.9. The zero-order valence-electron chi connectivity index (χ0n) is 13.6. The molecule has 122 valence electrons. The van der Waals surface area contributed by atoms with Gasteiger partial charge in [-0.05, 0) is 69.3 Å². The Morgan fingerprint density at radius 1 is 1.27 bits per heavy atom. The van der Waals surface area contributed by atoms with Crippen LogP contribution in [-0.4, -0.2) is 41.3 Å². The van der Waals surface area contributed by atoms with Crippen LogP contribution in [0.15, 0.2) is 12.1 Å². The number of aliphatic hydroxyl groups is 1. The van der Waals surface area contributed by atoms with E-state index in [1.807, 2.05) is 26.0 Å². The summed E-state index contributed by atoms with van der Waals surface area (Å²) in [7, 11) is 0. The van der Waals surface area contributed by atoms with Crippen molar-refractivity contribution in [2.45, 2.75) is 57.6 Å². The molecule has 0 bridgehead atoms. The van der Waals surface area contributed by atoms with Crippen molar-refractivity contribution in [2.24, 2.45) is 0 Å². The first-order valence-electron chi connectivity index (χ1n) is 8.33. The van der Waals surface area contributed by atoms with E-state index in [1.54, 1.807) is 0 Å². The molecule has 0 unspecified atom stereocenters. The van der Waals surface area contributed by atoms with E-state index in [9.17, 15) is 5.11 Å². The van der Waals surface area contributed by atoms with Gasteiger partial charge < -0.3 is 9.84 Å². The minimum Gasteiger partial charge on any atom is -0.491 e. The van der Waals surface area contributed by atoms with Gasteiger partial charge >= 0.3 is 0 Å². The lowest BCUT2D eigenvalue weighted by Gasteiger charge is -2.45. The van der Waals surface area contributed by atoms with E-state index in [0.29, 0.717) is 12.6 Å². The Bertz CT molecular complexity index is 521. The average molecular weight is 324 g/mol. The lowest BCUT2D eigenvalue weighted by atomic mass is 9.86. The molecule has 0 radical (unpaired) electrons. The van der Waals surface area contributed by atoms with Gasteiger partial charge in [-0.3, -0.25) is 4.90 Å². The fraction of sp³-hybridized carbons (Fsp3) is 0.667. The van der Waals surface area contributed by atoms with Crippen molar-refractivity contribution in [3.8, 4) is 5.75 Å². The van der Waals surface area contributed by atoms with Crippen LogP contribution in [0.5, 0.6) is 5.75 Å². The van der Waals surface area contributed by atoms with Crippen LogP contribution < -0.4 is 4.74 Å². The van der Waals surface area contributed by atoms with Crippen LogP contribution in [0.4, 0.5) is 0 Å². The van der Waals surface area contributed by atoms with Gasteiger partial charge in [0.25, 0.3) is 0 Å². The Morgan fingerprint density at radius 2 is 1.95 bits per heavy atom. The Kier molecular flexibility index (Phi) is 4.67. The van der Waals surface area contributed by atoms with Crippen LogP contribution in [-0.2, 0) is 0 Å². The van der Waals surface area contributed by atoms with Gasteiger partial charge in [0, 0.05) is 17.6 Å². The summed E-state index contributed by atoms with van der Waals surface area (Å²) in [5.41, 5.74) is 1.31. The molecule has 2 aliphatic rings. The maximum Gasteiger partial charge on any atom is 0.120 e. The fourth-order valence-electron chi connectivity index (χ4n) is 3.54. The van der Waals surface area contributed by atoms with Gasteiger partial charge in [0.2, 0.25) is 0 Å². The average Bonchev–Trinajstić information content (AvgIpc) is 2.41. The standard InChI is InChI=1S/C18H26ClNO2/c1-13-9-16(10-14(2)17(13)19)22-12-18(21)7-4-8-20(11-18)15-5-3-6-15/h9-10,15,21H,3-8,11-12H2,1-2H3/t18-/m1/s1. The van der Waals surface area contributed by atoms with Gasteiger partial charge in [-0.25, -0.2) is 0 Å². The topological polar surface area (TPSA) is 32.7 Å². The van der Waals surface area contributed by atoms with E-state index in [-0.39, 0.29) is 0 Å². The van der Waals surface area contributed by atoms with E-state index >= 15 is 0 Å². The second kappa shape index (κ2) is 6.38. The third-order valence-electron chi connectivity index (χ3n) is 5.09. The normalized spacial score (nSPS) is 26.7. The maximum absolute atomic E-state index is 10.9. The number of hydrogen-bond donors (Lipinski definition) is 1. The molecule has 1 atom stereocenters. The lowest BCUT2D eigenvalue weighted by molar-refractivity contribution is -0.0779. The highest BCUT2D eigenvalue weighted by Crippen LogP contribution is 2.32. The molecule has 1 N–H and O–H groups in total. The van der Waals surface area contributed by atoms with Gasteiger partial charge in [-0.2, -0.15) is 0 Å². The van der Waals surface area contributed by atoms with Gasteiger partial charge in [0.05, 0.1) is 0 Å². The molecule has 1 aliphatic carbocycles. The summed E-state index contributed by atoms with van der Waals surface area (Å²) in [6.45, 7) is 6.18. The van der Waals surface area contributed by atoms with Gasteiger partial charge in [0.1, 0.15) is 18.0 Å². The summed E-state index contributed by atoms with van der Waals surface area (Å²) >= 11 is 6.19. The Hall–Kier alpha value is -0.770. The molecule has 3 nitrogen and oxygen atoms in total. The van der Waals surface area contributed by atoms with E-state index in [4.69, 9.17) is 16.3 Å². The van der Waals surface area contributed by atoms with Crippen LogP contribution in [0.1, 0.15) is 43.2 Å². The summed E-state index contributed by atoms with van der Waals surface area (Å²) < 4.78 is 5.91. The molecule has 1 aliphatic heterocycles. The molecule has 3 rings (SSSR count). The molecule has 1 saturated carbocycles. The molecule has 4 heteroatoms. The summed E-state index contributed by atoms with van der Waals surface area (Å²) in [4.78, 5) is 2.45. The van der Waals surface area contributed by atoms with Crippen molar-refractivity contribution in [1.29, 1.82) is 0 Å². The van der Waals surface area contributed by atoms with E-state index in [1.165, 1.54) is 19.3 Å². The van der Waals surface area contributed by atoms with Crippen LogP contribution in [0, 0.1) is 13.8 Å². The molecule has 1 heterocycles. The Morgan fingerprint density at radius 3 is 2.55 bits per heavy atom. The molecular formula is C18H26ClNO2. The van der Waals surface area contributed by atoms with Crippen LogP contribution in [0.25, 0.3) is 0 Å².